The van der Waals surface area contributed by atoms with E-state index in [1.54, 1.807) is 39.8 Å². The van der Waals surface area contributed by atoms with Crippen molar-refractivity contribution in [2.45, 2.75) is 97.6 Å². The van der Waals surface area contributed by atoms with E-state index in [-0.39, 0.29) is 47.8 Å². The predicted octanol–water partition coefficient (Wildman–Crippen LogP) is -0.831. The molecule has 2 rings (SSSR count). The van der Waals surface area contributed by atoms with Gasteiger partial charge >= 0.3 is 0 Å². The Balaban J connectivity index is 2.36. The maximum Gasteiger partial charge on any atom is 0.273 e. The largest absolute Gasteiger partial charge is 0.391 e. The molecule has 16 heteroatoms. The lowest BCUT2D eigenvalue weighted by Crippen LogP contribution is -2.61. The number of aliphatic hydroxyl groups is 1. The Hall–Kier alpha value is -4.86. The highest BCUT2D eigenvalue weighted by Crippen LogP contribution is 2.11. The highest BCUT2D eigenvalue weighted by atomic mass is 16.3. The molecule has 6 N–H and O–H groups in total. The molecule has 0 aliphatic carbocycles. The number of aromatic nitrogens is 2. The molecule has 0 aliphatic heterocycles. The number of benzene rings is 1. The standard InChI is InChI=1S/C33H49N7O9/c1-17(2)15-24(36-32(48)28(19(5)41)37-31(47)27(18(3)4)34-20(6)42)30(46)35-23(13-14-26(44)39(7)8)25(43)16-40-33(49)22-12-10-9-11-21(22)29(45)38-40/h9-12,17-19,23-24,27-28,41H,13-16H2,1-8H3,(H,34,42)(H,35,46)(H,36,48)(H,37,47)(H,38,45)/t19-,23+,24+,27+,28+/m1/s1. The van der Waals surface area contributed by atoms with Crippen LogP contribution in [-0.4, -0.2) is 99.5 Å². The van der Waals surface area contributed by atoms with Gasteiger partial charge in [0.05, 0.1) is 22.9 Å². The Bertz CT molecular complexity index is 1640. The Morgan fingerprint density at radius 1 is 0.816 bits per heavy atom. The van der Waals surface area contributed by atoms with Gasteiger partial charge in [-0.25, -0.2) is 4.68 Å². The van der Waals surface area contributed by atoms with Gasteiger partial charge in [0.15, 0.2) is 5.78 Å². The van der Waals surface area contributed by atoms with Crippen LogP contribution < -0.4 is 32.4 Å². The van der Waals surface area contributed by atoms with E-state index < -0.39 is 77.3 Å². The lowest BCUT2D eigenvalue weighted by Gasteiger charge is -2.29. The Morgan fingerprint density at radius 2 is 1.39 bits per heavy atom. The summed E-state index contributed by atoms with van der Waals surface area (Å²) in [6.45, 7) is 8.87. The number of carbonyl (C=O) groups is 6. The van der Waals surface area contributed by atoms with Gasteiger partial charge in [0.25, 0.3) is 11.1 Å². The van der Waals surface area contributed by atoms with Gasteiger partial charge in [0.1, 0.15) is 24.7 Å². The Labute approximate surface area is 284 Å². The molecule has 0 bridgehead atoms. The van der Waals surface area contributed by atoms with Crippen LogP contribution in [0.5, 0.6) is 0 Å². The molecule has 0 saturated carbocycles. The van der Waals surface area contributed by atoms with E-state index in [9.17, 15) is 43.5 Å². The lowest BCUT2D eigenvalue weighted by atomic mass is 9.99. The molecule has 0 saturated heterocycles. The van der Waals surface area contributed by atoms with Gasteiger partial charge in [-0.05, 0) is 43.7 Å². The SMILES string of the molecule is CC(=O)N[C@H](C(=O)N[C@H](C(=O)N[C@@H](CC(C)C)C(=O)N[C@@H](CCC(=O)N(C)C)C(=O)Cn1[nH]c(=O)c2ccccc2c1=O)[C@@H](C)O)C(C)C. The number of H-pyrrole nitrogens is 1. The molecule has 0 unspecified atom stereocenters. The molecule has 1 aromatic heterocycles. The van der Waals surface area contributed by atoms with Crippen LogP contribution in [0.4, 0.5) is 0 Å². The number of nitrogens with zero attached hydrogens (tertiary/aromatic N) is 2. The Morgan fingerprint density at radius 3 is 1.92 bits per heavy atom. The number of rotatable bonds is 17. The van der Waals surface area contributed by atoms with Crippen molar-refractivity contribution in [1.29, 1.82) is 0 Å². The molecule has 0 radical (unpaired) electrons. The maximum atomic E-state index is 13.7. The summed E-state index contributed by atoms with van der Waals surface area (Å²) in [6.07, 6.45) is -1.60. The zero-order valence-electron chi connectivity index (χ0n) is 29.3. The molecule has 0 fully saturated rings. The maximum absolute atomic E-state index is 13.7. The summed E-state index contributed by atoms with van der Waals surface area (Å²) >= 11 is 0. The lowest BCUT2D eigenvalue weighted by molar-refractivity contribution is -0.136. The highest BCUT2D eigenvalue weighted by molar-refractivity contribution is 5.96. The average Bonchev–Trinajstić information content (AvgIpc) is 3.01. The highest BCUT2D eigenvalue weighted by Gasteiger charge is 2.34. The van der Waals surface area contributed by atoms with E-state index in [1.165, 1.54) is 45.0 Å². The van der Waals surface area contributed by atoms with Crippen LogP contribution in [0.25, 0.3) is 10.8 Å². The van der Waals surface area contributed by atoms with E-state index in [2.05, 4.69) is 26.4 Å². The molecular formula is C33H49N7O9. The fourth-order valence-electron chi connectivity index (χ4n) is 5.07. The van der Waals surface area contributed by atoms with Crippen LogP contribution in [0.15, 0.2) is 33.9 Å². The second kappa shape index (κ2) is 18.1. The second-order valence-corrected chi connectivity index (χ2v) is 13.1. The quantitative estimate of drug-likeness (QED) is 0.122. The van der Waals surface area contributed by atoms with Crippen molar-refractivity contribution in [3.8, 4) is 0 Å². The molecule has 0 spiro atoms. The molecule has 5 amide bonds. The number of carbonyl (C=O) groups excluding carboxylic acids is 6. The normalized spacial score (nSPS) is 14.3. The number of fused-ring (bicyclic) bond motifs is 1. The summed E-state index contributed by atoms with van der Waals surface area (Å²) in [4.78, 5) is 105. The van der Waals surface area contributed by atoms with Crippen LogP contribution in [0.2, 0.25) is 0 Å². The van der Waals surface area contributed by atoms with Gasteiger partial charge in [0, 0.05) is 27.4 Å². The number of aromatic amines is 1. The zero-order chi connectivity index (χ0) is 37.2. The van der Waals surface area contributed by atoms with Gasteiger partial charge in [0.2, 0.25) is 29.5 Å². The van der Waals surface area contributed by atoms with E-state index in [0.29, 0.717) is 0 Å². The molecule has 49 heavy (non-hydrogen) atoms. The summed E-state index contributed by atoms with van der Waals surface area (Å²) in [5.74, 6) is -4.36. The first kappa shape index (κ1) is 40.3. The van der Waals surface area contributed by atoms with Gasteiger partial charge in [-0.2, -0.15) is 0 Å². The summed E-state index contributed by atoms with van der Waals surface area (Å²) in [5.41, 5.74) is -1.23. The molecule has 1 aromatic carbocycles. The van der Waals surface area contributed by atoms with Crippen LogP contribution in [0.1, 0.15) is 60.8 Å². The first-order valence-corrected chi connectivity index (χ1v) is 16.1. The van der Waals surface area contributed by atoms with Crippen molar-refractivity contribution in [3.63, 3.8) is 0 Å². The van der Waals surface area contributed by atoms with Gasteiger partial charge in [-0.3, -0.25) is 43.5 Å². The van der Waals surface area contributed by atoms with Gasteiger partial charge < -0.3 is 31.3 Å². The van der Waals surface area contributed by atoms with Crippen LogP contribution in [0.3, 0.4) is 0 Å². The summed E-state index contributed by atoms with van der Waals surface area (Å²) < 4.78 is 0.842. The minimum Gasteiger partial charge on any atom is -0.391 e. The third-order valence-corrected chi connectivity index (χ3v) is 7.76. The minimum atomic E-state index is -1.50. The Kier molecular flexibility index (Phi) is 14.9. The van der Waals surface area contributed by atoms with Crippen molar-refractivity contribution >= 4 is 46.1 Å². The van der Waals surface area contributed by atoms with Crippen molar-refractivity contribution in [1.82, 2.24) is 35.9 Å². The van der Waals surface area contributed by atoms with Crippen molar-refractivity contribution in [3.05, 3.63) is 45.0 Å². The summed E-state index contributed by atoms with van der Waals surface area (Å²) in [7, 11) is 3.06. The molecule has 2 aromatic rings. The van der Waals surface area contributed by atoms with Crippen LogP contribution in [-0.2, 0) is 35.3 Å². The van der Waals surface area contributed by atoms with E-state index in [0.717, 1.165) is 4.68 Å². The number of ketones is 1. The molecule has 1 heterocycles. The fourth-order valence-corrected chi connectivity index (χ4v) is 5.07. The number of hydrogen-bond acceptors (Lipinski definition) is 9. The topological polar surface area (TPSA) is 229 Å². The summed E-state index contributed by atoms with van der Waals surface area (Å²) in [6, 6.07) is 1.05. The fraction of sp³-hybridized carbons (Fsp3) is 0.576. The molecule has 270 valence electrons. The monoisotopic (exact) mass is 687 g/mol. The smallest absolute Gasteiger partial charge is 0.273 e. The number of Topliss-reactive ketones (excluding diaryl/α,β-unsaturated/α-hetero) is 1. The molecule has 0 aliphatic rings. The van der Waals surface area contributed by atoms with E-state index >= 15 is 0 Å². The summed E-state index contributed by atoms with van der Waals surface area (Å²) in [5, 5.41) is 23.1. The number of hydrogen-bond donors (Lipinski definition) is 6. The van der Waals surface area contributed by atoms with Crippen molar-refractivity contribution in [2.24, 2.45) is 11.8 Å². The van der Waals surface area contributed by atoms with Crippen molar-refractivity contribution < 1.29 is 33.9 Å². The van der Waals surface area contributed by atoms with E-state index in [4.69, 9.17) is 0 Å². The minimum absolute atomic E-state index is 0.0908. The number of nitrogens with one attached hydrogen (secondary N) is 5. The van der Waals surface area contributed by atoms with E-state index in [1.807, 2.05) is 0 Å². The van der Waals surface area contributed by atoms with Gasteiger partial charge in [-0.15, -0.1) is 0 Å². The van der Waals surface area contributed by atoms with Crippen LogP contribution >= 0.6 is 0 Å². The number of amides is 5. The van der Waals surface area contributed by atoms with Crippen molar-refractivity contribution in [2.75, 3.05) is 14.1 Å². The number of aliphatic hydroxyl groups excluding tert-OH is 1. The first-order chi connectivity index (χ1) is 22.8. The second-order valence-electron chi connectivity index (χ2n) is 13.1. The predicted molar refractivity (Wildman–Crippen MR) is 181 cm³/mol. The average molecular weight is 688 g/mol. The third kappa shape index (κ3) is 11.7. The van der Waals surface area contributed by atoms with Gasteiger partial charge in [-0.1, -0.05) is 39.8 Å². The van der Waals surface area contributed by atoms with Crippen LogP contribution in [0, 0.1) is 11.8 Å². The third-order valence-electron chi connectivity index (χ3n) is 7.76. The zero-order valence-corrected chi connectivity index (χ0v) is 29.3. The molecule has 16 nitrogen and oxygen atoms in total. The first-order valence-electron chi connectivity index (χ1n) is 16.1. The molecular weight excluding hydrogens is 638 g/mol. The molecule has 5 atom stereocenters.